The highest BCUT2D eigenvalue weighted by molar-refractivity contribution is 7.13. The van der Waals surface area contributed by atoms with Gasteiger partial charge in [-0.2, -0.15) is 0 Å². The lowest BCUT2D eigenvalue weighted by atomic mass is 10.3. The number of aromatic nitrogens is 2. The summed E-state index contributed by atoms with van der Waals surface area (Å²) in [4.78, 5) is 22.6. The molecule has 0 bridgehead atoms. The van der Waals surface area contributed by atoms with Crippen LogP contribution in [0.2, 0.25) is 0 Å². The Labute approximate surface area is 139 Å². The smallest absolute Gasteiger partial charge is 0.273 e. The van der Waals surface area contributed by atoms with Crippen LogP contribution in [0.5, 0.6) is 0 Å². The highest BCUT2D eigenvalue weighted by Crippen LogP contribution is 2.22. The molecular weight excluding hydrogens is 331 g/mol. The number of nitrogens with two attached hydrogens (primary N) is 1. The van der Waals surface area contributed by atoms with Gasteiger partial charge in [-0.1, -0.05) is 6.07 Å². The second-order valence-corrected chi connectivity index (χ2v) is 5.41. The number of halogens is 2. The molecule has 1 aliphatic heterocycles. The number of rotatable bonds is 2. The number of amides is 1. The molecule has 0 spiro atoms. The summed E-state index contributed by atoms with van der Waals surface area (Å²) in [5.41, 5.74) is 7.10. The van der Waals surface area contributed by atoms with Crippen molar-refractivity contribution in [3.05, 3.63) is 35.5 Å². The summed E-state index contributed by atoms with van der Waals surface area (Å²) in [6.07, 6.45) is 2.58. The van der Waals surface area contributed by atoms with Gasteiger partial charge in [0, 0.05) is 30.7 Å². The average Bonchev–Trinajstić information content (AvgIpc) is 3.08. The van der Waals surface area contributed by atoms with Crippen LogP contribution in [0, 0.1) is 0 Å². The number of carbonyl (C=O) groups excluding carboxylic acids is 1. The van der Waals surface area contributed by atoms with Crippen LogP contribution >= 0.6 is 36.2 Å². The molecule has 0 aromatic carbocycles. The summed E-state index contributed by atoms with van der Waals surface area (Å²) >= 11 is 1.44. The first-order valence-corrected chi connectivity index (χ1v) is 7.04. The normalized spacial score (nSPS) is 17.0. The van der Waals surface area contributed by atoms with E-state index in [0.29, 0.717) is 12.2 Å². The lowest BCUT2D eigenvalue weighted by molar-refractivity contribution is 0.0786. The molecule has 1 saturated heterocycles. The molecule has 1 atom stereocenters. The van der Waals surface area contributed by atoms with Crippen LogP contribution in [-0.2, 0) is 0 Å². The van der Waals surface area contributed by atoms with Crippen LogP contribution in [0.25, 0.3) is 10.7 Å². The summed E-state index contributed by atoms with van der Waals surface area (Å²) in [6.45, 7) is 1.34. The first-order valence-electron chi connectivity index (χ1n) is 6.16. The Hall–Kier alpha value is -1.21. The summed E-state index contributed by atoms with van der Waals surface area (Å²) in [5.74, 6) is -0.0358. The van der Waals surface area contributed by atoms with E-state index in [9.17, 15) is 4.79 Å². The van der Waals surface area contributed by atoms with E-state index >= 15 is 0 Å². The Morgan fingerprint density at radius 3 is 2.81 bits per heavy atom. The van der Waals surface area contributed by atoms with Crippen molar-refractivity contribution < 1.29 is 4.79 Å². The third-order valence-electron chi connectivity index (χ3n) is 3.12. The van der Waals surface area contributed by atoms with Crippen molar-refractivity contribution in [1.82, 2.24) is 14.9 Å². The molecule has 1 amide bonds. The van der Waals surface area contributed by atoms with E-state index in [1.807, 2.05) is 18.2 Å². The zero-order valence-corrected chi connectivity index (χ0v) is 13.6. The predicted octanol–water partition coefficient (Wildman–Crippen LogP) is 2.22. The van der Waals surface area contributed by atoms with Crippen molar-refractivity contribution in [3.8, 4) is 10.7 Å². The molecule has 5 nitrogen and oxygen atoms in total. The van der Waals surface area contributed by atoms with Crippen molar-refractivity contribution in [2.45, 2.75) is 12.5 Å². The van der Waals surface area contributed by atoms with E-state index < -0.39 is 0 Å². The SMILES string of the molecule is Cl.Cl.N[C@@H]1CCN(C(=O)c2csc(-c3ccccn3)n2)C1. The maximum absolute atomic E-state index is 12.2. The maximum atomic E-state index is 12.2. The lowest BCUT2D eigenvalue weighted by Gasteiger charge is -2.13. The van der Waals surface area contributed by atoms with Gasteiger partial charge in [-0.3, -0.25) is 9.78 Å². The molecule has 21 heavy (non-hydrogen) atoms. The Balaban J connectivity index is 0.00000110. The van der Waals surface area contributed by atoms with Crippen LogP contribution in [0.4, 0.5) is 0 Å². The summed E-state index contributed by atoms with van der Waals surface area (Å²) in [5, 5.41) is 2.56. The molecule has 1 aliphatic rings. The molecule has 3 rings (SSSR count). The number of nitrogens with zero attached hydrogens (tertiary/aromatic N) is 3. The van der Waals surface area contributed by atoms with Crippen LogP contribution in [-0.4, -0.2) is 39.9 Å². The van der Waals surface area contributed by atoms with Gasteiger partial charge in [0.25, 0.3) is 5.91 Å². The first kappa shape index (κ1) is 17.8. The zero-order chi connectivity index (χ0) is 13.2. The molecule has 2 aromatic rings. The quantitative estimate of drug-likeness (QED) is 0.904. The van der Waals surface area contributed by atoms with Crippen molar-refractivity contribution in [2.24, 2.45) is 5.73 Å². The fourth-order valence-corrected chi connectivity index (χ4v) is 2.88. The Kier molecular flexibility index (Phi) is 6.54. The fraction of sp³-hybridized carbons (Fsp3) is 0.308. The minimum Gasteiger partial charge on any atom is -0.336 e. The molecule has 8 heteroatoms. The number of pyridine rings is 1. The average molecular weight is 347 g/mol. The van der Waals surface area contributed by atoms with E-state index in [4.69, 9.17) is 5.73 Å². The summed E-state index contributed by atoms with van der Waals surface area (Å²) in [6, 6.07) is 5.75. The van der Waals surface area contributed by atoms with Gasteiger partial charge in [0.1, 0.15) is 10.7 Å². The largest absolute Gasteiger partial charge is 0.336 e. The van der Waals surface area contributed by atoms with Crippen LogP contribution in [0.1, 0.15) is 16.9 Å². The number of hydrogen-bond acceptors (Lipinski definition) is 5. The monoisotopic (exact) mass is 346 g/mol. The van der Waals surface area contributed by atoms with Gasteiger partial charge in [-0.05, 0) is 18.6 Å². The fourth-order valence-electron chi connectivity index (χ4n) is 2.11. The molecule has 0 aliphatic carbocycles. The standard InChI is InChI=1S/C13H14N4OS.2ClH/c14-9-4-6-17(7-9)13(18)11-8-19-12(16-11)10-3-1-2-5-15-10;;/h1-3,5,8-9H,4,6-7,14H2;2*1H/t9-;;/m1../s1. The van der Waals surface area contributed by atoms with E-state index in [0.717, 1.165) is 23.7 Å². The zero-order valence-electron chi connectivity index (χ0n) is 11.1. The van der Waals surface area contributed by atoms with Gasteiger partial charge in [-0.15, -0.1) is 36.2 Å². The molecule has 0 radical (unpaired) electrons. The topological polar surface area (TPSA) is 72.1 Å². The molecule has 2 N–H and O–H groups in total. The Bertz CT molecular complexity index is 593. The van der Waals surface area contributed by atoms with Crippen molar-refractivity contribution in [2.75, 3.05) is 13.1 Å². The molecule has 2 aromatic heterocycles. The molecule has 1 fully saturated rings. The number of carbonyl (C=O) groups is 1. The van der Waals surface area contributed by atoms with Gasteiger partial charge in [-0.25, -0.2) is 4.98 Å². The van der Waals surface area contributed by atoms with Crippen molar-refractivity contribution >= 4 is 42.1 Å². The molecule has 3 heterocycles. The summed E-state index contributed by atoms with van der Waals surface area (Å²) in [7, 11) is 0. The van der Waals surface area contributed by atoms with Crippen LogP contribution in [0.3, 0.4) is 0 Å². The van der Waals surface area contributed by atoms with Gasteiger partial charge in [0.05, 0.1) is 5.69 Å². The number of thiazole rings is 1. The highest BCUT2D eigenvalue weighted by atomic mass is 35.5. The van der Waals surface area contributed by atoms with Gasteiger partial charge in [0.15, 0.2) is 0 Å². The Morgan fingerprint density at radius 2 is 2.19 bits per heavy atom. The van der Waals surface area contributed by atoms with Gasteiger partial charge in [0.2, 0.25) is 0 Å². The van der Waals surface area contributed by atoms with E-state index in [-0.39, 0.29) is 36.8 Å². The molecule has 114 valence electrons. The minimum absolute atomic E-state index is 0. The van der Waals surface area contributed by atoms with Crippen molar-refractivity contribution in [1.29, 1.82) is 0 Å². The number of likely N-dealkylation sites (tertiary alicyclic amines) is 1. The third-order valence-corrected chi connectivity index (χ3v) is 3.98. The third kappa shape index (κ3) is 3.91. The van der Waals surface area contributed by atoms with E-state index in [1.54, 1.807) is 16.5 Å². The van der Waals surface area contributed by atoms with Crippen LogP contribution in [0.15, 0.2) is 29.8 Å². The number of hydrogen-bond donors (Lipinski definition) is 1. The molecular formula is C13H16Cl2N4OS. The molecule has 0 unspecified atom stereocenters. The van der Waals surface area contributed by atoms with Crippen LogP contribution < -0.4 is 5.73 Å². The Morgan fingerprint density at radius 1 is 1.38 bits per heavy atom. The maximum Gasteiger partial charge on any atom is 0.273 e. The summed E-state index contributed by atoms with van der Waals surface area (Å²) < 4.78 is 0. The first-order chi connectivity index (χ1) is 9.24. The predicted molar refractivity (Wildman–Crippen MR) is 88.3 cm³/mol. The van der Waals surface area contributed by atoms with E-state index in [2.05, 4.69) is 9.97 Å². The second-order valence-electron chi connectivity index (χ2n) is 4.55. The molecule has 0 saturated carbocycles. The van der Waals surface area contributed by atoms with E-state index in [1.165, 1.54) is 11.3 Å². The second kappa shape index (κ2) is 7.70. The van der Waals surface area contributed by atoms with Gasteiger partial charge >= 0.3 is 0 Å². The highest BCUT2D eigenvalue weighted by Gasteiger charge is 2.26. The van der Waals surface area contributed by atoms with Crippen molar-refractivity contribution in [3.63, 3.8) is 0 Å². The minimum atomic E-state index is -0.0358. The van der Waals surface area contributed by atoms with Gasteiger partial charge < -0.3 is 10.6 Å². The lowest BCUT2D eigenvalue weighted by Crippen LogP contribution is -2.32.